The van der Waals surface area contributed by atoms with Crippen LogP contribution in [0.4, 0.5) is 5.69 Å². The Morgan fingerprint density at radius 1 is 1.00 bits per heavy atom. The fraction of sp³-hybridized carbons (Fsp3) is 0.488. The van der Waals surface area contributed by atoms with Gasteiger partial charge in [-0.3, -0.25) is 24.0 Å². The van der Waals surface area contributed by atoms with Crippen molar-refractivity contribution < 1.29 is 59.8 Å². The summed E-state index contributed by atoms with van der Waals surface area (Å²) in [7, 11) is -8.10. The number of thiophene rings is 1. The zero-order valence-electron chi connectivity index (χ0n) is 37.0. The molecular weight excluding hydrogens is 891 g/mol. The molecule has 0 saturated heterocycles. The molecule has 0 fully saturated rings. The number of esters is 3. The van der Waals surface area contributed by atoms with Gasteiger partial charge in [0.05, 0.1) is 29.2 Å². The molecule has 4 heterocycles. The molecule has 1 aromatic carbocycles. The van der Waals surface area contributed by atoms with Crippen molar-refractivity contribution in [1.29, 1.82) is 0 Å². The molecule has 2 amide bonds. The average Bonchev–Trinajstić information content (AvgIpc) is 3.91. The van der Waals surface area contributed by atoms with Crippen molar-refractivity contribution in [2.45, 2.75) is 107 Å². The van der Waals surface area contributed by atoms with E-state index in [1.807, 2.05) is 6.92 Å². The highest BCUT2D eigenvalue weighted by Crippen LogP contribution is 2.43. The smallest absolute Gasteiger partial charge is 0.347 e. The first-order valence-electron chi connectivity index (χ1n) is 21.0. The van der Waals surface area contributed by atoms with Crippen molar-refractivity contribution in [1.82, 2.24) is 20.5 Å². The van der Waals surface area contributed by atoms with Crippen LogP contribution >= 0.6 is 11.3 Å². The molecule has 21 heteroatoms. The number of hydrogen-bond acceptors (Lipinski definition) is 16. The maximum absolute atomic E-state index is 13.3. The Hall–Kier alpha value is -5.22. The number of aromatic nitrogens is 1. The van der Waals surface area contributed by atoms with Gasteiger partial charge in [0, 0.05) is 41.8 Å². The van der Waals surface area contributed by atoms with Crippen LogP contribution in [-0.2, 0) is 53.1 Å². The molecule has 4 N–H and O–H groups in total. The van der Waals surface area contributed by atoms with E-state index in [1.54, 1.807) is 32.9 Å². The summed E-state index contributed by atoms with van der Waals surface area (Å²) in [5.41, 5.74) is 3.83. The van der Waals surface area contributed by atoms with Gasteiger partial charge in [-0.1, -0.05) is 20.8 Å². The maximum atomic E-state index is 13.3. The quantitative estimate of drug-likeness (QED) is 0.0708. The van der Waals surface area contributed by atoms with E-state index in [0.29, 0.717) is 70.3 Å². The molecule has 0 saturated carbocycles. The second kappa shape index (κ2) is 20.7. The first-order valence-corrected chi connectivity index (χ1v) is 25.0. The van der Waals surface area contributed by atoms with E-state index in [9.17, 15) is 45.6 Å². The molecule has 5 rings (SSSR count). The number of rotatable bonds is 20. The molecule has 0 bridgehead atoms. The average molecular weight is 946 g/mol. The monoisotopic (exact) mass is 945 g/mol. The van der Waals surface area contributed by atoms with Gasteiger partial charge in [0.15, 0.2) is 37.7 Å². The molecule has 64 heavy (non-hydrogen) atoms. The summed E-state index contributed by atoms with van der Waals surface area (Å²) in [6, 6.07) is 5.41. The summed E-state index contributed by atoms with van der Waals surface area (Å²) in [6.45, 7) is 16.9. The molecule has 2 aromatic heterocycles. The summed E-state index contributed by atoms with van der Waals surface area (Å²) in [5, 5.41) is 8.17. The van der Waals surface area contributed by atoms with Gasteiger partial charge in [0.1, 0.15) is 19.9 Å². The lowest BCUT2D eigenvalue weighted by atomic mass is 10.0. The number of benzene rings is 1. The number of amides is 2. The zero-order valence-corrected chi connectivity index (χ0v) is 39.5. The largest absolute Gasteiger partial charge is 0.452 e. The number of sulfone groups is 2. The third-order valence-corrected chi connectivity index (χ3v) is 17.1. The summed E-state index contributed by atoms with van der Waals surface area (Å²) in [4.78, 5) is 82.5. The van der Waals surface area contributed by atoms with Crippen LogP contribution in [0.3, 0.4) is 0 Å². The number of ether oxygens (including phenoxy) is 3. The lowest BCUT2D eigenvalue weighted by Gasteiger charge is -2.27. The third kappa shape index (κ3) is 11.3. The first-order chi connectivity index (χ1) is 30.1. The Morgan fingerprint density at radius 2 is 1.69 bits per heavy atom. The number of aryl methyl sites for hydroxylation is 1. The summed E-state index contributed by atoms with van der Waals surface area (Å²) in [6.07, 6.45) is -2.16. The summed E-state index contributed by atoms with van der Waals surface area (Å²) in [5.74, 6) is -5.54. The number of Topliss-reactive ketones (excluding diaryl/α,β-unsaturated/α-hetero) is 1. The highest BCUT2D eigenvalue weighted by atomic mass is 32.3. The van der Waals surface area contributed by atoms with Gasteiger partial charge in [-0.15, -0.1) is 11.3 Å². The Bertz CT molecular complexity index is 2570. The lowest BCUT2D eigenvalue weighted by Crippen LogP contribution is -2.35. The van der Waals surface area contributed by atoms with E-state index in [4.69, 9.17) is 14.2 Å². The maximum Gasteiger partial charge on any atom is 0.347 e. The third-order valence-electron chi connectivity index (χ3n) is 11.0. The van der Waals surface area contributed by atoms with Crippen molar-refractivity contribution >= 4 is 83.9 Å². The van der Waals surface area contributed by atoms with Crippen molar-refractivity contribution in [3.05, 3.63) is 57.9 Å². The SMILES string of the molecule is CCN[C@H]1C[C@H](C)S(=O)(=O)c2sc(S(=O)(=O)CC(=O)[C@H](C)OC(=O)[C@H](C)OC(=O)CCC(=O)Oc3ccc4c(c3)/C(=C/c3[nH]c(C)c(C(=O)NCCN(CC)CC)c3C)C(=O)N4)cc21. The molecule has 4 atom stereocenters. The molecule has 0 unspecified atom stereocenters. The Kier molecular flexibility index (Phi) is 16.1. The number of nitrogens with zero attached hydrogens (tertiary/aromatic N) is 1. The molecule has 2 aliphatic heterocycles. The number of nitrogens with one attached hydrogen (secondary N) is 4. The fourth-order valence-corrected chi connectivity index (χ4v) is 12.7. The van der Waals surface area contributed by atoms with Crippen LogP contribution < -0.4 is 20.7 Å². The second-order valence-corrected chi connectivity index (χ2v) is 21.4. The normalized spacial score (nSPS) is 18.1. The summed E-state index contributed by atoms with van der Waals surface area (Å²) < 4.78 is 67.8. The Labute approximate surface area is 376 Å². The molecule has 2 aliphatic rings. The number of aromatic amines is 1. The van der Waals surface area contributed by atoms with Gasteiger partial charge < -0.3 is 40.0 Å². The van der Waals surface area contributed by atoms with Crippen molar-refractivity contribution in [3.63, 3.8) is 0 Å². The van der Waals surface area contributed by atoms with Gasteiger partial charge in [-0.25, -0.2) is 21.6 Å². The van der Waals surface area contributed by atoms with E-state index < -0.39 is 85.3 Å². The highest BCUT2D eigenvalue weighted by Gasteiger charge is 2.40. The van der Waals surface area contributed by atoms with Gasteiger partial charge in [-0.2, -0.15) is 0 Å². The van der Waals surface area contributed by atoms with Gasteiger partial charge in [0.2, 0.25) is 0 Å². The number of carbonyl (C=O) groups excluding carboxylic acids is 6. The Morgan fingerprint density at radius 3 is 2.36 bits per heavy atom. The first kappa shape index (κ1) is 49.8. The molecule has 18 nitrogen and oxygen atoms in total. The second-order valence-electron chi connectivity index (χ2n) is 15.6. The highest BCUT2D eigenvalue weighted by molar-refractivity contribution is 7.96. The van der Waals surface area contributed by atoms with Crippen LogP contribution in [0, 0.1) is 13.8 Å². The van der Waals surface area contributed by atoms with Crippen molar-refractivity contribution in [2.75, 3.05) is 43.8 Å². The minimum absolute atomic E-state index is 0.0641. The van der Waals surface area contributed by atoms with Crippen LogP contribution in [-0.4, -0.2) is 118 Å². The standard InChI is InChI=1S/C43H55N5O13S3/c1-9-44-34-18-23(4)64(57,58)43-31(34)21-38(62-43)63(55,56)22-35(49)26(7)60-42(54)27(8)59-36(50)14-15-37(51)61-28-12-13-32-29(19-28)30(40(52)47-32)20-33-24(5)39(25(6)46-33)41(53)45-16-17-48(10-2)11-3/h12-13,19-21,23,26-27,34,44,46H,9-11,14-18,22H2,1-8H3,(H,45,53)(H,47,52)/b30-20-/t23-,26-,27-,34-/m0/s1. The van der Waals surface area contributed by atoms with Gasteiger partial charge >= 0.3 is 17.9 Å². The van der Waals surface area contributed by atoms with Crippen LogP contribution in [0.5, 0.6) is 5.75 Å². The van der Waals surface area contributed by atoms with Crippen molar-refractivity contribution in [3.8, 4) is 5.75 Å². The minimum atomic E-state index is -4.33. The van der Waals surface area contributed by atoms with E-state index in [1.165, 1.54) is 25.1 Å². The fourth-order valence-electron chi connectivity index (χ4n) is 7.33. The molecule has 0 aliphatic carbocycles. The predicted molar refractivity (Wildman–Crippen MR) is 238 cm³/mol. The minimum Gasteiger partial charge on any atom is -0.452 e. The lowest BCUT2D eigenvalue weighted by molar-refractivity contribution is -0.171. The molecular formula is C43H55N5O13S3. The number of ketones is 1. The zero-order chi connectivity index (χ0) is 47.3. The topological polar surface area (TPSA) is 254 Å². The van der Waals surface area contributed by atoms with E-state index in [0.717, 1.165) is 20.0 Å². The molecule has 3 aromatic rings. The van der Waals surface area contributed by atoms with Crippen LogP contribution in [0.1, 0.15) is 105 Å². The number of likely N-dealkylation sites (N-methyl/N-ethyl adjacent to an activating group) is 1. The van der Waals surface area contributed by atoms with Gasteiger partial charge in [-0.05, 0) is 102 Å². The van der Waals surface area contributed by atoms with Crippen molar-refractivity contribution in [2.24, 2.45) is 0 Å². The number of anilines is 1. The van der Waals surface area contributed by atoms with Crippen LogP contribution in [0.2, 0.25) is 0 Å². The number of carbonyl (C=O) groups is 6. The predicted octanol–water partition coefficient (Wildman–Crippen LogP) is 4.07. The van der Waals surface area contributed by atoms with E-state index in [2.05, 4.69) is 39.7 Å². The van der Waals surface area contributed by atoms with Crippen LogP contribution in [0.25, 0.3) is 11.6 Å². The Balaban J connectivity index is 1.12. The molecule has 0 radical (unpaired) electrons. The van der Waals surface area contributed by atoms with Crippen LogP contribution in [0.15, 0.2) is 32.7 Å². The van der Waals surface area contributed by atoms with E-state index in [-0.39, 0.29) is 38.1 Å². The molecule has 348 valence electrons. The number of fused-ring (bicyclic) bond motifs is 2. The number of H-pyrrole nitrogens is 1. The van der Waals surface area contributed by atoms with Gasteiger partial charge in [0.25, 0.3) is 11.8 Å². The number of hydrogen-bond donors (Lipinski definition) is 4. The van der Waals surface area contributed by atoms with E-state index >= 15 is 0 Å². The molecule has 0 spiro atoms. The summed E-state index contributed by atoms with van der Waals surface area (Å²) >= 11 is 0.583.